The van der Waals surface area contributed by atoms with Crippen molar-refractivity contribution in [2.75, 3.05) is 13.1 Å². The molecule has 1 aliphatic heterocycles. The number of sulfonamides is 1. The predicted octanol–water partition coefficient (Wildman–Crippen LogP) is 2.33. The first-order valence-corrected chi connectivity index (χ1v) is 9.73. The smallest absolute Gasteiger partial charge is 0.241 e. The molecular formula is C18H23N3O2S. The summed E-state index contributed by atoms with van der Waals surface area (Å²) in [6.07, 6.45) is 3.44. The van der Waals surface area contributed by atoms with Crippen LogP contribution >= 0.6 is 0 Å². The SMILES string of the molecule is Cc1ccccc1S(=O)(=O)NC1CCN(Cc2ccccn2)CC1. The van der Waals surface area contributed by atoms with Crippen LogP contribution in [0.2, 0.25) is 0 Å². The molecule has 6 heteroatoms. The number of hydrogen-bond acceptors (Lipinski definition) is 4. The number of nitrogens with zero attached hydrogens (tertiary/aromatic N) is 2. The monoisotopic (exact) mass is 345 g/mol. The third-order valence-corrected chi connectivity index (χ3v) is 6.08. The minimum Gasteiger partial charge on any atom is -0.297 e. The van der Waals surface area contributed by atoms with E-state index in [-0.39, 0.29) is 6.04 Å². The normalized spacial score (nSPS) is 17.0. The fraction of sp³-hybridized carbons (Fsp3) is 0.389. The number of aromatic nitrogens is 1. The molecule has 5 nitrogen and oxygen atoms in total. The maximum Gasteiger partial charge on any atom is 0.241 e. The van der Waals surface area contributed by atoms with Crippen molar-refractivity contribution < 1.29 is 8.42 Å². The summed E-state index contributed by atoms with van der Waals surface area (Å²) in [5.74, 6) is 0. The lowest BCUT2D eigenvalue weighted by Gasteiger charge is -2.32. The molecule has 128 valence electrons. The van der Waals surface area contributed by atoms with Gasteiger partial charge in [-0.2, -0.15) is 0 Å². The number of nitrogens with one attached hydrogen (secondary N) is 1. The van der Waals surface area contributed by atoms with Gasteiger partial charge >= 0.3 is 0 Å². The zero-order chi connectivity index (χ0) is 17.0. The third-order valence-electron chi connectivity index (χ3n) is 4.40. The summed E-state index contributed by atoms with van der Waals surface area (Å²) in [5.41, 5.74) is 1.83. The number of aryl methyl sites for hydroxylation is 1. The Labute approximate surface area is 143 Å². The molecule has 0 radical (unpaired) electrons. The van der Waals surface area contributed by atoms with Crippen LogP contribution in [0.5, 0.6) is 0 Å². The van der Waals surface area contributed by atoms with E-state index < -0.39 is 10.0 Å². The molecule has 0 amide bonds. The Balaban J connectivity index is 1.56. The third kappa shape index (κ3) is 4.20. The van der Waals surface area contributed by atoms with E-state index in [0.29, 0.717) is 4.90 Å². The van der Waals surface area contributed by atoms with Crippen LogP contribution in [0.1, 0.15) is 24.1 Å². The van der Waals surface area contributed by atoms with Crippen molar-refractivity contribution in [1.29, 1.82) is 0 Å². The highest BCUT2D eigenvalue weighted by molar-refractivity contribution is 7.89. The summed E-state index contributed by atoms with van der Waals surface area (Å²) >= 11 is 0. The largest absolute Gasteiger partial charge is 0.297 e. The van der Waals surface area contributed by atoms with E-state index in [0.717, 1.165) is 43.7 Å². The summed E-state index contributed by atoms with van der Waals surface area (Å²) in [4.78, 5) is 7.04. The zero-order valence-electron chi connectivity index (χ0n) is 13.9. The van der Waals surface area contributed by atoms with Gasteiger partial charge in [0, 0.05) is 31.9 Å². The zero-order valence-corrected chi connectivity index (χ0v) is 14.7. The van der Waals surface area contributed by atoms with Crippen LogP contribution in [0.25, 0.3) is 0 Å². The van der Waals surface area contributed by atoms with Crippen LogP contribution in [-0.4, -0.2) is 37.4 Å². The van der Waals surface area contributed by atoms with Gasteiger partial charge < -0.3 is 0 Å². The highest BCUT2D eigenvalue weighted by Crippen LogP contribution is 2.18. The number of hydrogen-bond donors (Lipinski definition) is 1. The molecule has 0 atom stereocenters. The summed E-state index contributed by atoms with van der Waals surface area (Å²) in [6, 6.07) is 13.0. The summed E-state index contributed by atoms with van der Waals surface area (Å²) in [6.45, 7) is 4.39. The Morgan fingerprint density at radius 2 is 1.83 bits per heavy atom. The molecule has 24 heavy (non-hydrogen) atoms. The first-order valence-electron chi connectivity index (χ1n) is 8.25. The van der Waals surface area contributed by atoms with Gasteiger partial charge in [-0.3, -0.25) is 9.88 Å². The van der Waals surface area contributed by atoms with Gasteiger partial charge in [-0.05, 0) is 43.5 Å². The van der Waals surface area contributed by atoms with E-state index in [1.54, 1.807) is 18.3 Å². The van der Waals surface area contributed by atoms with Gasteiger partial charge in [0.25, 0.3) is 0 Å². The van der Waals surface area contributed by atoms with Crippen molar-refractivity contribution in [1.82, 2.24) is 14.6 Å². The second kappa shape index (κ2) is 7.42. The molecule has 1 aromatic heterocycles. The van der Waals surface area contributed by atoms with Gasteiger partial charge in [0.15, 0.2) is 0 Å². The highest BCUT2D eigenvalue weighted by atomic mass is 32.2. The summed E-state index contributed by atoms with van der Waals surface area (Å²) < 4.78 is 28.0. The van der Waals surface area contributed by atoms with Crippen molar-refractivity contribution in [3.63, 3.8) is 0 Å². The van der Waals surface area contributed by atoms with Gasteiger partial charge in [0.05, 0.1) is 10.6 Å². The van der Waals surface area contributed by atoms with Crippen LogP contribution in [0.4, 0.5) is 0 Å². The van der Waals surface area contributed by atoms with Crippen LogP contribution in [0, 0.1) is 6.92 Å². The second-order valence-corrected chi connectivity index (χ2v) is 7.94. The van der Waals surface area contributed by atoms with E-state index >= 15 is 0 Å². The standard InChI is InChI=1S/C18H23N3O2S/c1-15-6-2-3-8-18(15)24(22,23)20-16-9-12-21(13-10-16)14-17-7-4-5-11-19-17/h2-8,11,16,20H,9-10,12-14H2,1H3. The molecule has 1 aliphatic rings. The number of pyridine rings is 1. The van der Waals surface area contributed by atoms with Gasteiger partial charge in [-0.1, -0.05) is 24.3 Å². The van der Waals surface area contributed by atoms with E-state index in [2.05, 4.69) is 14.6 Å². The molecule has 0 bridgehead atoms. The van der Waals surface area contributed by atoms with Gasteiger partial charge in [0.1, 0.15) is 0 Å². The van der Waals surface area contributed by atoms with Crippen LogP contribution < -0.4 is 4.72 Å². The lowest BCUT2D eigenvalue weighted by molar-refractivity contribution is 0.198. The van der Waals surface area contributed by atoms with Crippen LogP contribution in [-0.2, 0) is 16.6 Å². The van der Waals surface area contributed by atoms with Crippen molar-refractivity contribution in [2.45, 2.75) is 37.2 Å². The fourth-order valence-corrected chi connectivity index (χ4v) is 4.62. The van der Waals surface area contributed by atoms with E-state index in [1.165, 1.54) is 0 Å². The average molecular weight is 345 g/mol. The van der Waals surface area contributed by atoms with Crippen molar-refractivity contribution in [3.8, 4) is 0 Å². The molecule has 1 saturated heterocycles. The molecule has 0 saturated carbocycles. The number of benzene rings is 1. The minimum atomic E-state index is -3.45. The Morgan fingerprint density at radius 1 is 1.12 bits per heavy atom. The maximum absolute atomic E-state index is 12.6. The van der Waals surface area contributed by atoms with Crippen molar-refractivity contribution >= 4 is 10.0 Å². The number of piperidine rings is 1. The quantitative estimate of drug-likeness (QED) is 0.903. The average Bonchev–Trinajstić information content (AvgIpc) is 2.58. The van der Waals surface area contributed by atoms with Crippen LogP contribution in [0.3, 0.4) is 0 Å². The fourth-order valence-electron chi connectivity index (χ4n) is 3.07. The lowest BCUT2D eigenvalue weighted by Crippen LogP contribution is -2.44. The first kappa shape index (κ1) is 17.1. The maximum atomic E-state index is 12.6. The molecule has 0 unspecified atom stereocenters. The number of rotatable bonds is 5. The van der Waals surface area contributed by atoms with Gasteiger partial charge in [0.2, 0.25) is 10.0 Å². The molecule has 2 heterocycles. The Morgan fingerprint density at radius 3 is 2.50 bits per heavy atom. The molecule has 2 aromatic rings. The predicted molar refractivity (Wildman–Crippen MR) is 94.0 cm³/mol. The summed E-state index contributed by atoms with van der Waals surface area (Å²) in [5, 5.41) is 0. The molecule has 1 N–H and O–H groups in total. The lowest BCUT2D eigenvalue weighted by atomic mass is 10.1. The van der Waals surface area contributed by atoms with Gasteiger partial charge in [-0.25, -0.2) is 13.1 Å². The first-order chi connectivity index (χ1) is 11.5. The summed E-state index contributed by atoms with van der Waals surface area (Å²) in [7, 11) is -3.45. The van der Waals surface area contributed by atoms with E-state index in [1.807, 2.05) is 37.3 Å². The second-order valence-electron chi connectivity index (χ2n) is 6.26. The number of likely N-dealkylation sites (tertiary alicyclic amines) is 1. The van der Waals surface area contributed by atoms with Crippen molar-refractivity contribution in [2.24, 2.45) is 0 Å². The molecular weight excluding hydrogens is 322 g/mol. The topological polar surface area (TPSA) is 62.3 Å². The minimum absolute atomic E-state index is 0.00501. The van der Waals surface area contributed by atoms with E-state index in [9.17, 15) is 8.42 Å². The molecule has 1 aromatic carbocycles. The molecule has 0 aliphatic carbocycles. The highest BCUT2D eigenvalue weighted by Gasteiger charge is 2.25. The van der Waals surface area contributed by atoms with E-state index in [4.69, 9.17) is 0 Å². The molecule has 1 fully saturated rings. The van der Waals surface area contributed by atoms with Crippen molar-refractivity contribution in [3.05, 3.63) is 59.9 Å². The Bertz CT molecular complexity index is 770. The Hall–Kier alpha value is -1.76. The van der Waals surface area contributed by atoms with Gasteiger partial charge in [-0.15, -0.1) is 0 Å². The molecule has 3 rings (SSSR count). The molecule has 0 spiro atoms. The van der Waals surface area contributed by atoms with Crippen LogP contribution in [0.15, 0.2) is 53.6 Å². The Kier molecular flexibility index (Phi) is 5.28.